The van der Waals surface area contributed by atoms with Crippen LogP contribution in [0.3, 0.4) is 0 Å². The average Bonchev–Trinajstić information content (AvgIpc) is 3.37. The molecular formula is C21H20ClN5O2S. The number of amidine groups is 1. The van der Waals surface area contributed by atoms with Crippen molar-refractivity contribution in [2.75, 3.05) is 23.7 Å². The molecule has 0 aliphatic carbocycles. The summed E-state index contributed by atoms with van der Waals surface area (Å²) in [7, 11) is 0. The highest BCUT2D eigenvalue weighted by Gasteiger charge is 2.45. The Bertz CT molecular complexity index is 1050. The number of carbonyl (C=O) groups excluding carboxylic acids is 1. The Kier molecular flexibility index (Phi) is 5.69. The minimum absolute atomic E-state index is 0.243. The van der Waals surface area contributed by atoms with Crippen LogP contribution in [0.4, 0.5) is 5.69 Å². The van der Waals surface area contributed by atoms with Gasteiger partial charge in [0.15, 0.2) is 5.17 Å². The first-order valence-corrected chi connectivity index (χ1v) is 10.9. The lowest BCUT2D eigenvalue weighted by atomic mass is 9.88. The number of thioether (sulfide) groups is 1. The third kappa shape index (κ3) is 3.76. The van der Waals surface area contributed by atoms with Gasteiger partial charge in [0.2, 0.25) is 0 Å². The Morgan fingerprint density at radius 2 is 2.27 bits per heavy atom. The number of hydrogen-bond acceptors (Lipinski definition) is 7. The second kappa shape index (κ2) is 8.26. The second-order valence-corrected chi connectivity index (χ2v) is 8.73. The first-order valence-electron chi connectivity index (χ1n) is 9.56. The van der Waals surface area contributed by atoms with Crippen LogP contribution in [0.15, 0.2) is 41.5 Å². The monoisotopic (exact) mass is 441 g/mol. The topological polar surface area (TPSA) is 102 Å². The van der Waals surface area contributed by atoms with E-state index in [1.807, 2.05) is 13.0 Å². The van der Waals surface area contributed by atoms with Crippen molar-refractivity contribution in [1.29, 1.82) is 5.26 Å². The number of benzene rings is 1. The number of aliphatic imine (C=N–C) groups is 1. The van der Waals surface area contributed by atoms with Crippen molar-refractivity contribution >= 4 is 40.1 Å². The highest BCUT2D eigenvalue weighted by molar-refractivity contribution is 8.14. The Balaban J connectivity index is 1.51. The molecule has 9 heteroatoms. The highest BCUT2D eigenvalue weighted by atomic mass is 35.5. The minimum atomic E-state index is -1.12. The van der Waals surface area contributed by atoms with Crippen LogP contribution in [0.25, 0.3) is 0 Å². The van der Waals surface area contributed by atoms with E-state index in [0.717, 1.165) is 11.4 Å². The zero-order valence-corrected chi connectivity index (χ0v) is 17.9. The minimum Gasteiger partial charge on any atom is -0.383 e. The molecule has 30 heavy (non-hydrogen) atoms. The van der Waals surface area contributed by atoms with Crippen molar-refractivity contribution in [3.63, 3.8) is 0 Å². The summed E-state index contributed by atoms with van der Waals surface area (Å²) in [5.74, 6) is 0.559. The summed E-state index contributed by atoms with van der Waals surface area (Å²) in [5, 5.41) is 24.2. The van der Waals surface area contributed by atoms with Crippen molar-refractivity contribution < 1.29 is 9.90 Å². The lowest BCUT2D eigenvalue weighted by Crippen LogP contribution is -2.40. The normalized spacial score (nSPS) is 23.2. The molecule has 4 rings (SSSR count). The molecule has 154 valence electrons. The van der Waals surface area contributed by atoms with Gasteiger partial charge >= 0.3 is 0 Å². The van der Waals surface area contributed by atoms with Gasteiger partial charge in [-0.2, -0.15) is 5.26 Å². The van der Waals surface area contributed by atoms with Gasteiger partial charge in [0.1, 0.15) is 17.4 Å². The number of nitriles is 1. The van der Waals surface area contributed by atoms with Crippen molar-refractivity contribution in [2.45, 2.75) is 25.0 Å². The predicted octanol–water partition coefficient (Wildman–Crippen LogP) is 2.93. The third-order valence-electron chi connectivity index (χ3n) is 5.60. The molecule has 0 bridgehead atoms. The fraction of sp³-hybridized carbons (Fsp3) is 0.333. The molecular weight excluding hydrogens is 422 g/mol. The molecule has 0 radical (unpaired) electrons. The van der Waals surface area contributed by atoms with Crippen LogP contribution < -0.4 is 10.2 Å². The largest absolute Gasteiger partial charge is 0.383 e. The molecule has 2 aliphatic heterocycles. The zero-order chi connectivity index (χ0) is 21.3. The SMILES string of the molecule is C[C@@H]1N(c2ccc(C#N)c(Cl)c2)CC[C@@]1(O)c1ccc(C(=O)NC2=NCCS2)nc1. The lowest BCUT2D eigenvalue weighted by Gasteiger charge is -2.33. The van der Waals surface area contributed by atoms with Gasteiger partial charge < -0.3 is 10.0 Å². The number of pyridine rings is 1. The number of aliphatic hydroxyl groups is 1. The van der Waals surface area contributed by atoms with Crippen LogP contribution in [-0.4, -0.2) is 46.0 Å². The summed E-state index contributed by atoms with van der Waals surface area (Å²) < 4.78 is 0. The first-order chi connectivity index (χ1) is 14.4. The van der Waals surface area contributed by atoms with Gasteiger partial charge in [0.25, 0.3) is 5.91 Å². The number of nitrogens with one attached hydrogen (secondary N) is 1. The van der Waals surface area contributed by atoms with Gasteiger partial charge in [-0.25, -0.2) is 0 Å². The van der Waals surface area contributed by atoms with Crippen LogP contribution >= 0.6 is 23.4 Å². The van der Waals surface area contributed by atoms with E-state index in [0.29, 0.717) is 40.8 Å². The van der Waals surface area contributed by atoms with Gasteiger partial charge in [-0.1, -0.05) is 29.4 Å². The summed E-state index contributed by atoms with van der Waals surface area (Å²) >= 11 is 7.69. The second-order valence-electron chi connectivity index (χ2n) is 7.24. The Labute approximate surface area is 183 Å². The van der Waals surface area contributed by atoms with Crippen molar-refractivity contribution in [2.24, 2.45) is 4.99 Å². The highest BCUT2D eigenvalue weighted by Crippen LogP contribution is 2.40. The zero-order valence-electron chi connectivity index (χ0n) is 16.3. The number of aromatic nitrogens is 1. The maximum atomic E-state index is 12.3. The molecule has 0 saturated carbocycles. The molecule has 1 fully saturated rings. The molecule has 2 aromatic rings. The first kappa shape index (κ1) is 20.7. The van der Waals surface area contributed by atoms with E-state index in [9.17, 15) is 9.90 Å². The molecule has 3 heterocycles. The molecule has 1 aromatic carbocycles. The fourth-order valence-corrected chi connectivity index (χ4v) is 4.76. The van der Waals surface area contributed by atoms with E-state index in [1.165, 1.54) is 11.8 Å². The van der Waals surface area contributed by atoms with Crippen LogP contribution in [0, 0.1) is 11.3 Å². The quantitative estimate of drug-likeness (QED) is 0.759. The lowest BCUT2D eigenvalue weighted by molar-refractivity contribution is 0.0326. The van der Waals surface area contributed by atoms with Crippen LogP contribution in [0.2, 0.25) is 5.02 Å². The van der Waals surface area contributed by atoms with Gasteiger partial charge in [0.05, 0.1) is 23.2 Å². The van der Waals surface area contributed by atoms with E-state index in [-0.39, 0.29) is 17.6 Å². The molecule has 1 saturated heterocycles. The number of amides is 1. The maximum absolute atomic E-state index is 12.3. The summed E-state index contributed by atoms with van der Waals surface area (Å²) in [6.07, 6.45) is 2.07. The number of anilines is 1. The third-order valence-corrected chi connectivity index (χ3v) is 6.80. The Morgan fingerprint density at radius 3 is 2.90 bits per heavy atom. The van der Waals surface area contributed by atoms with E-state index >= 15 is 0 Å². The van der Waals surface area contributed by atoms with Crippen molar-refractivity contribution in [3.8, 4) is 6.07 Å². The molecule has 2 aliphatic rings. The smallest absolute Gasteiger partial charge is 0.275 e. The summed E-state index contributed by atoms with van der Waals surface area (Å²) in [4.78, 5) is 22.9. The number of hydrogen-bond donors (Lipinski definition) is 2. The summed E-state index contributed by atoms with van der Waals surface area (Å²) in [6.45, 7) is 3.27. The molecule has 7 nitrogen and oxygen atoms in total. The molecule has 0 unspecified atom stereocenters. The standard InChI is InChI=1S/C21H20ClN5O2S/c1-13-21(29,6-8-27(13)16-4-2-14(11-23)17(22)10-16)15-3-5-18(25-12-15)19(28)26-20-24-7-9-30-20/h2-5,10,12-13,29H,6-9H2,1H3,(H,24,26,28)/t13-,21-/m0/s1. The number of nitrogens with zero attached hydrogens (tertiary/aromatic N) is 4. The number of halogens is 1. The maximum Gasteiger partial charge on any atom is 0.275 e. The Morgan fingerprint density at radius 1 is 1.43 bits per heavy atom. The predicted molar refractivity (Wildman–Crippen MR) is 118 cm³/mol. The van der Waals surface area contributed by atoms with Crippen LogP contribution in [0.5, 0.6) is 0 Å². The van der Waals surface area contributed by atoms with E-state index in [4.69, 9.17) is 16.9 Å². The van der Waals surface area contributed by atoms with Gasteiger partial charge in [-0.3, -0.25) is 20.1 Å². The Hall–Kier alpha value is -2.60. The van der Waals surface area contributed by atoms with Crippen molar-refractivity contribution in [3.05, 3.63) is 58.4 Å². The molecule has 2 N–H and O–H groups in total. The van der Waals surface area contributed by atoms with E-state index in [2.05, 4.69) is 26.3 Å². The molecule has 1 amide bonds. The molecule has 2 atom stereocenters. The van der Waals surface area contributed by atoms with Crippen LogP contribution in [-0.2, 0) is 5.60 Å². The average molecular weight is 442 g/mol. The summed E-state index contributed by atoms with van der Waals surface area (Å²) in [6, 6.07) is 10.4. The van der Waals surface area contributed by atoms with E-state index < -0.39 is 5.60 Å². The van der Waals surface area contributed by atoms with E-state index in [1.54, 1.807) is 30.5 Å². The summed E-state index contributed by atoms with van der Waals surface area (Å²) in [5.41, 5.74) is 1.08. The number of carbonyl (C=O) groups is 1. The van der Waals surface area contributed by atoms with Gasteiger partial charge in [-0.15, -0.1) is 0 Å². The van der Waals surface area contributed by atoms with Crippen molar-refractivity contribution in [1.82, 2.24) is 10.3 Å². The molecule has 0 spiro atoms. The van der Waals surface area contributed by atoms with Crippen LogP contribution in [0.1, 0.15) is 35.0 Å². The number of rotatable bonds is 3. The fourth-order valence-electron chi connectivity index (χ4n) is 3.82. The molecule has 1 aromatic heterocycles. The van der Waals surface area contributed by atoms with Gasteiger partial charge in [-0.05, 0) is 37.6 Å². The van der Waals surface area contributed by atoms with Gasteiger partial charge in [0, 0.05) is 29.7 Å².